The van der Waals surface area contributed by atoms with Gasteiger partial charge in [0.2, 0.25) is 0 Å². The number of benzene rings is 1. The molecule has 0 radical (unpaired) electrons. The summed E-state index contributed by atoms with van der Waals surface area (Å²) in [4.78, 5) is 12.0. The first kappa shape index (κ1) is 13.6. The van der Waals surface area contributed by atoms with Crippen molar-refractivity contribution in [2.45, 2.75) is 6.61 Å². The van der Waals surface area contributed by atoms with Crippen molar-refractivity contribution in [2.75, 3.05) is 0 Å². The Kier molecular flexibility index (Phi) is 4.42. The summed E-state index contributed by atoms with van der Waals surface area (Å²) in [5.74, 6) is -0.366. The van der Waals surface area contributed by atoms with Crippen LogP contribution in [0.1, 0.15) is 15.2 Å². The molecule has 2 aromatic rings. The van der Waals surface area contributed by atoms with Gasteiger partial charge in [0, 0.05) is 4.88 Å². The van der Waals surface area contributed by atoms with Crippen LogP contribution in [-0.4, -0.2) is 11.1 Å². The number of carbonyl (C=O) groups is 1. The molecule has 0 unspecified atom stereocenters. The van der Waals surface area contributed by atoms with Crippen LogP contribution in [0.3, 0.4) is 0 Å². The molecule has 0 saturated carbocycles. The van der Waals surface area contributed by atoms with Crippen LogP contribution in [0.15, 0.2) is 38.6 Å². The van der Waals surface area contributed by atoms with Crippen LogP contribution in [0.5, 0.6) is 5.75 Å². The number of ether oxygens (including phenoxy) is 1. The summed E-state index contributed by atoms with van der Waals surface area (Å²) >= 11 is 8.24. The van der Waals surface area contributed by atoms with Gasteiger partial charge in [-0.25, -0.2) is 4.79 Å². The summed E-state index contributed by atoms with van der Waals surface area (Å²) in [6, 6.07) is 6.99. The van der Waals surface area contributed by atoms with Gasteiger partial charge in [0.15, 0.2) is 0 Å². The normalized spacial score (nSPS) is 10.3. The standard InChI is InChI=1S/C12H8Br2O3S/c13-9-4-7(12(15)16)5-10(14)11(9)17-6-8-2-1-3-18-8/h1-5H,6H2,(H,15,16). The molecule has 6 heteroatoms. The second-order valence-electron chi connectivity index (χ2n) is 3.44. The minimum Gasteiger partial charge on any atom is -0.486 e. The smallest absolute Gasteiger partial charge is 0.335 e. The molecule has 0 aliphatic heterocycles. The summed E-state index contributed by atoms with van der Waals surface area (Å²) in [5.41, 5.74) is 0.206. The molecule has 0 spiro atoms. The monoisotopic (exact) mass is 390 g/mol. The van der Waals surface area contributed by atoms with Crippen molar-refractivity contribution in [3.05, 3.63) is 49.0 Å². The average Bonchev–Trinajstić information content (AvgIpc) is 2.80. The highest BCUT2D eigenvalue weighted by atomic mass is 79.9. The van der Waals surface area contributed by atoms with Crippen LogP contribution in [0, 0.1) is 0 Å². The Labute approximate surface area is 125 Å². The maximum Gasteiger partial charge on any atom is 0.335 e. The zero-order valence-electron chi connectivity index (χ0n) is 9.02. The predicted molar refractivity (Wildman–Crippen MR) is 77.5 cm³/mol. The van der Waals surface area contributed by atoms with Crippen molar-refractivity contribution >= 4 is 49.2 Å². The van der Waals surface area contributed by atoms with Crippen LogP contribution in [-0.2, 0) is 6.61 Å². The molecule has 0 fully saturated rings. The molecule has 1 heterocycles. The topological polar surface area (TPSA) is 46.5 Å². The molecule has 0 atom stereocenters. The van der Waals surface area contributed by atoms with Gasteiger partial charge in [0.05, 0.1) is 14.5 Å². The average molecular weight is 392 g/mol. The highest BCUT2D eigenvalue weighted by Gasteiger charge is 2.12. The lowest BCUT2D eigenvalue weighted by atomic mass is 10.2. The number of hydrogen-bond donors (Lipinski definition) is 1. The molecule has 0 amide bonds. The Balaban J connectivity index is 2.20. The maximum absolute atomic E-state index is 10.9. The van der Waals surface area contributed by atoms with E-state index in [9.17, 15) is 4.79 Å². The number of carboxylic acids is 1. The molecule has 3 nitrogen and oxygen atoms in total. The van der Waals surface area contributed by atoms with E-state index in [0.29, 0.717) is 21.3 Å². The van der Waals surface area contributed by atoms with E-state index < -0.39 is 5.97 Å². The van der Waals surface area contributed by atoms with E-state index in [2.05, 4.69) is 31.9 Å². The maximum atomic E-state index is 10.9. The van der Waals surface area contributed by atoms with Crippen molar-refractivity contribution in [2.24, 2.45) is 0 Å². The lowest BCUT2D eigenvalue weighted by molar-refractivity contribution is 0.0696. The zero-order valence-corrected chi connectivity index (χ0v) is 13.0. The summed E-state index contributed by atoms with van der Waals surface area (Å²) in [6.45, 7) is 0.460. The minimum atomic E-state index is -0.971. The van der Waals surface area contributed by atoms with Crippen molar-refractivity contribution < 1.29 is 14.6 Å². The lowest BCUT2D eigenvalue weighted by Crippen LogP contribution is -1.99. The molecular weight excluding hydrogens is 384 g/mol. The Morgan fingerprint density at radius 3 is 2.50 bits per heavy atom. The van der Waals surface area contributed by atoms with Crippen LogP contribution in [0.25, 0.3) is 0 Å². The van der Waals surface area contributed by atoms with E-state index in [4.69, 9.17) is 9.84 Å². The van der Waals surface area contributed by atoms with Gasteiger partial charge < -0.3 is 9.84 Å². The van der Waals surface area contributed by atoms with Crippen LogP contribution in [0.4, 0.5) is 0 Å². The highest BCUT2D eigenvalue weighted by Crippen LogP contribution is 2.35. The van der Waals surface area contributed by atoms with Gasteiger partial charge in [-0.15, -0.1) is 11.3 Å². The Morgan fingerprint density at radius 1 is 1.33 bits per heavy atom. The van der Waals surface area contributed by atoms with E-state index in [1.807, 2.05) is 17.5 Å². The third-order valence-electron chi connectivity index (χ3n) is 2.18. The number of thiophene rings is 1. The van der Waals surface area contributed by atoms with E-state index in [1.54, 1.807) is 11.3 Å². The largest absolute Gasteiger partial charge is 0.486 e. The van der Waals surface area contributed by atoms with Crippen molar-refractivity contribution in [1.29, 1.82) is 0 Å². The SMILES string of the molecule is O=C(O)c1cc(Br)c(OCc2cccs2)c(Br)c1. The van der Waals surface area contributed by atoms with E-state index in [0.717, 1.165) is 4.88 Å². The minimum absolute atomic E-state index is 0.206. The molecule has 0 bridgehead atoms. The molecule has 94 valence electrons. The second-order valence-corrected chi connectivity index (χ2v) is 6.18. The number of carboxylic acid groups (broad SMARTS) is 1. The molecule has 0 saturated heterocycles. The van der Waals surface area contributed by atoms with E-state index >= 15 is 0 Å². The van der Waals surface area contributed by atoms with Crippen LogP contribution < -0.4 is 4.74 Å². The molecule has 1 N–H and O–H groups in total. The van der Waals surface area contributed by atoms with Gasteiger partial charge in [0.25, 0.3) is 0 Å². The number of rotatable bonds is 4. The third kappa shape index (κ3) is 3.13. The molecule has 18 heavy (non-hydrogen) atoms. The van der Waals surface area contributed by atoms with Crippen LogP contribution >= 0.6 is 43.2 Å². The first-order chi connectivity index (χ1) is 8.58. The summed E-state index contributed by atoms with van der Waals surface area (Å²) in [6.07, 6.45) is 0. The second kappa shape index (κ2) is 5.86. The Morgan fingerprint density at radius 2 is 2.00 bits per heavy atom. The quantitative estimate of drug-likeness (QED) is 0.831. The summed E-state index contributed by atoms with van der Waals surface area (Å²) in [7, 11) is 0. The molecule has 2 rings (SSSR count). The Bertz CT molecular complexity index is 544. The fourth-order valence-corrected chi connectivity index (χ4v) is 3.39. The molecule has 0 aliphatic carbocycles. The molecule has 1 aromatic heterocycles. The van der Waals surface area contributed by atoms with Gasteiger partial charge in [0.1, 0.15) is 12.4 Å². The lowest BCUT2D eigenvalue weighted by Gasteiger charge is -2.10. The summed E-state index contributed by atoms with van der Waals surface area (Å²) < 4.78 is 6.90. The third-order valence-corrected chi connectivity index (χ3v) is 4.21. The fraction of sp³-hybridized carbons (Fsp3) is 0.0833. The summed E-state index contributed by atoms with van der Waals surface area (Å²) in [5, 5.41) is 10.9. The van der Waals surface area contributed by atoms with Crippen molar-refractivity contribution in [3.8, 4) is 5.75 Å². The zero-order chi connectivity index (χ0) is 13.1. The van der Waals surface area contributed by atoms with E-state index in [1.165, 1.54) is 12.1 Å². The first-order valence-corrected chi connectivity index (χ1v) is 7.42. The number of halogens is 2. The van der Waals surface area contributed by atoms with Gasteiger partial charge in [-0.3, -0.25) is 0 Å². The van der Waals surface area contributed by atoms with Crippen LogP contribution in [0.2, 0.25) is 0 Å². The molecule has 0 aliphatic rings. The van der Waals surface area contributed by atoms with Gasteiger partial charge in [-0.1, -0.05) is 6.07 Å². The van der Waals surface area contributed by atoms with Crippen molar-refractivity contribution in [1.82, 2.24) is 0 Å². The van der Waals surface area contributed by atoms with Gasteiger partial charge >= 0.3 is 5.97 Å². The fourth-order valence-electron chi connectivity index (χ4n) is 1.36. The molecular formula is C12H8Br2O3S. The van der Waals surface area contributed by atoms with E-state index in [-0.39, 0.29) is 5.56 Å². The number of aromatic carboxylic acids is 1. The first-order valence-electron chi connectivity index (χ1n) is 4.95. The number of hydrogen-bond acceptors (Lipinski definition) is 3. The van der Waals surface area contributed by atoms with Crippen molar-refractivity contribution in [3.63, 3.8) is 0 Å². The molecule has 1 aromatic carbocycles. The highest BCUT2D eigenvalue weighted by molar-refractivity contribution is 9.11. The Hall–Kier alpha value is -0.850. The van der Waals surface area contributed by atoms with Gasteiger partial charge in [-0.2, -0.15) is 0 Å². The van der Waals surface area contributed by atoms with Gasteiger partial charge in [-0.05, 0) is 55.4 Å². The predicted octanol–water partition coefficient (Wildman–Crippen LogP) is 4.55.